The lowest BCUT2D eigenvalue weighted by atomic mass is 9.77. The van der Waals surface area contributed by atoms with Gasteiger partial charge in [0.25, 0.3) is 5.91 Å². The molecule has 0 saturated carbocycles. The minimum atomic E-state index is -1.31. The summed E-state index contributed by atoms with van der Waals surface area (Å²) in [5.41, 5.74) is 15.0. The molecule has 0 aliphatic carbocycles. The SMILES string of the molecule is [B]C(CC)(CC)ONCC(C)(CC)OCC1OC(n2cc(C(N)=O)c(C(N)=N/C(C)=C/CC)c2C)C(O)C1N=O. The summed E-state index contributed by atoms with van der Waals surface area (Å²) >= 11 is 0. The van der Waals surface area contributed by atoms with E-state index >= 15 is 0 Å². The molecule has 6 N–H and O–H groups in total. The number of amidine groups is 1. The molecule has 1 aliphatic rings. The lowest BCUT2D eigenvalue weighted by Crippen LogP contribution is -2.46. The maximum absolute atomic E-state index is 12.3. The minimum absolute atomic E-state index is 0.0221. The number of nitrogens with two attached hydrogens (primary N) is 2. The van der Waals surface area contributed by atoms with Crippen molar-refractivity contribution in [3.8, 4) is 0 Å². The largest absolute Gasteiger partial charge is 0.386 e. The molecule has 1 aliphatic heterocycles. The van der Waals surface area contributed by atoms with E-state index in [-0.39, 0.29) is 18.0 Å². The van der Waals surface area contributed by atoms with Crippen LogP contribution in [-0.2, 0) is 14.3 Å². The number of hydrogen-bond acceptors (Lipinski definition) is 9. The van der Waals surface area contributed by atoms with Gasteiger partial charge in [-0.25, -0.2) is 4.99 Å². The summed E-state index contributed by atoms with van der Waals surface area (Å²) in [7, 11) is 6.19. The highest BCUT2D eigenvalue weighted by Crippen LogP contribution is 2.35. The Kier molecular flexibility index (Phi) is 12.1. The zero-order chi connectivity index (χ0) is 30.3. The number of nitroso groups, excluding NO2 is 1. The number of rotatable bonds is 16. The number of aliphatic hydroxyl groups excluding tert-OH is 1. The van der Waals surface area contributed by atoms with Gasteiger partial charge in [0.15, 0.2) is 12.3 Å². The van der Waals surface area contributed by atoms with Crippen molar-refractivity contribution in [2.45, 2.75) is 110 Å². The average molecular weight is 561 g/mol. The van der Waals surface area contributed by atoms with Gasteiger partial charge in [-0.15, -0.1) is 0 Å². The third kappa shape index (κ3) is 7.79. The normalized spacial score (nSPS) is 23.8. The zero-order valence-corrected chi connectivity index (χ0v) is 24.8. The first-order chi connectivity index (χ1) is 18.8. The van der Waals surface area contributed by atoms with Crippen molar-refractivity contribution in [2.75, 3.05) is 13.2 Å². The van der Waals surface area contributed by atoms with Crippen LogP contribution in [0.4, 0.5) is 0 Å². The van der Waals surface area contributed by atoms with E-state index in [1.807, 2.05) is 40.7 Å². The molecular weight excluding hydrogens is 515 g/mol. The Balaban J connectivity index is 2.27. The number of nitrogens with one attached hydrogen (secondary N) is 1. The quantitative estimate of drug-likeness (QED) is 0.0784. The van der Waals surface area contributed by atoms with Crippen LogP contribution in [0.3, 0.4) is 0 Å². The topological polar surface area (TPSA) is 176 Å². The summed E-state index contributed by atoms with van der Waals surface area (Å²) in [5, 5.41) is 14.2. The fourth-order valence-electron chi connectivity index (χ4n) is 4.50. The van der Waals surface area contributed by atoms with Crippen LogP contribution in [0.5, 0.6) is 0 Å². The van der Waals surface area contributed by atoms with Crippen molar-refractivity contribution in [1.82, 2.24) is 10.0 Å². The second-order valence-corrected chi connectivity index (χ2v) is 10.5. The van der Waals surface area contributed by atoms with Crippen LogP contribution in [0.1, 0.15) is 95.1 Å². The molecule has 222 valence electrons. The minimum Gasteiger partial charge on any atom is -0.386 e. The molecule has 2 radical (unpaired) electrons. The number of carbonyl (C=O) groups excluding carboxylic acids is 1. The predicted molar refractivity (Wildman–Crippen MR) is 155 cm³/mol. The van der Waals surface area contributed by atoms with Crippen molar-refractivity contribution < 1.29 is 24.2 Å². The molecule has 1 fully saturated rings. The molecule has 5 atom stereocenters. The fourth-order valence-corrected chi connectivity index (χ4v) is 4.50. The molecule has 13 heteroatoms. The Morgan fingerprint density at radius 1 is 1.27 bits per heavy atom. The molecule has 2 rings (SSSR count). The molecule has 1 saturated heterocycles. The van der Waals surface area contributed by atoms with E-state index in [0.717, 1.165) is 6.42 Å². The molecule has 1 aromatic rings. The van der Waals surface area contributed by atoms with Crippen molar-refractivity contribution in [3.05, 3.63) is 39.7 Å². The van der Waals surface area contributed by atoms with E-state index in [1.54, 1.807) is 13.8 Å². The summed E-state index contributed by atoms with van der Waals surface area (Å²) in [6.07, 6.45) is 2.78. The summed E-state index contributed by atoms with van der Waals surface area (Å²) in [5.74, 6) is -0.614. The van der Waals surface area contributed by atoms with Crippen molar-refractivity contribution >= 4 is 19.6 Å². The fraction of sp³-hybridized carbons (Fsp3) is 0.704. The van der Waals surface area contributed by atoms with Gasteiger partial charge in [0.05, 0.1) is 23.3 Å². The van der Waals surface area contributed by atoms with E-state index in [9.17, 15) is 14.8 Å². The molecule has 2 heterocycles. The van der Waals surface area contributed by atoms with Crippen LogP contribution >= 0.6 is 0 Å². The van der Waals surface area contributed by atoms with E-state index in [4.69, 9.17) is 33.6 Å². The van der Waals surface area contributed by atoms with Crippen LogP contribution in [0, 0.1) is 11.8 Å². The molecular formula is C27H45BN6O6. The number of carbonyl (C=O) groups is 1. The Hall–Kier alpha value is -2.58. The van der Waals surface area contributed by atoms with E-state index in [0.29, 0.717) is 42.8 Å². The van der Waals surface area contributed by atoms with Gasteiger partial charge in [-0.1, -0.05) is 38.9 Å². The maximum Gasteiger partial charge on any atom is 0.251 e. The third-order valence-corrected chi connectivity index (χ3v) is 7.60. The van der Waals surface area contributed by atoms with Gasteiger partial charge < -0.3 is 35.5 Å². The first kappa shape index (κ1) is 33.6. The number of aromatic nitrogens is 1. The number of aliphatic hydroxyl groups is 1. The van der Waals surface area contributed by atoms with Crippen molar-refractivity contribution in [1.29, 1.82) is 0 Å². The first-order valence-electron chi connectivity index (χ1n) is 13.8. The van der Waals surface area contributed by atoms with Gasteiger partial charge >= 0.3 is 0 Å². The van der Waals surface area contributed by atoms with Crippen molar-refractivity contribution in [2.24, 2.45) is 21.6 Å². The van der Waals surface area contributed by atoms with Gasteiger partial charge in [-0.05, 0) is 46.5 Å². The lowest BCUT2D eigenvalue weighted by molar-refractivity contribution is -0.129. The highest BCUT2D eigenvalue weighted by molar-refractivity contribution is 6.14. The molecule has 0 aromatic carbocycles. The number of hydrogen-bond donors (Lipinski definition) is 4. The number of amides is 1. The Morgan fingerprint density at radius 2 is 1.93 bits per heavy atom. The van der Waals surface area contributed by atoms with Crippen LogP contribution in [-0.4, -0.2) is 71.8 Å². The highest BCUT2D eigenvalue weighted by Gasteiger charge is 2.47. The molecule has 1 amide bonds. The van der Waals surface area contributed by atoms with Crippen LogP contribution in [0.25, 0.3) is 0 Å². The molecule has 0 bridgehead atoms. The monoisotopic (exact) mass is 560 g/mol. The highest BCUT2D eigenvalue weighted by atomic mass is 16.7. The van der Waals surface area contributed by atoms with E-state index in [2.05, 4.69) is 15.6 Å². The van der Waals surface area contributed by atoms with Gasteiger partial charge in [0.2, 0.25) is 0 Å². The molecule has 12 nitrogen and oxygen atoms in total. The number of ether oxygens (including phenoxy) is 2. The summed E-state index contributed by atoms with van der Waals surface area (Å²) < 4.78 is 13.8. The number of primary amides is 1. The molecule has 0 spiro atoms. The average Bonchev–Trinajstić information content (AvgIpc) is 3.43. The zero-order valence-electron chi connectivity index (χ0n) is 24.8. The van der Waals surface area contributed by atoms with Crippen LogP contribution in [0.15, 0.2) is 28.1 Å². The first-order valence-corrected chi connectivity index (χ1v) is 13.8. The van der Waals surface area contributed by atoms with Crippen LogP contribution in [0.2, 0.25) is 0 Å². The maximum atomic E-state index is 12.3. The van der Waals surface area contributed by atoms with E-state index < -0.39 is 41.5 Å². The lowest BCUT2D eigenvalue weighted by Gasteiger charge is -2.33. The number of allylic oxidation sites excluding steroid dienone is 2. The Bertz CT molecular complexity index is 1090. The predicted octanol–water partition coefficient (Wildman–Crippen LogP) is 2.70. The summed E-state index contributed by atoms with van der Waals surface area (Å²) in [4.78, 5) is 34.1. The van der Waals surface area contributed by atoms with Gasteiger partial charge in [0.1, 0.15) is 25.9 Å². The van der Waals surface area contributed by atoms with Crippen molar-refractivity contribution in [3.63, 3.8) is 0 Å². The molecule has 1 aromatic heterocycles. The molecule has 40 heavy (non-hydrogen) atoms. The van der Waals surface area contributed by atoms with Gasteiger partial charge in [-0.3, -0.25) is 4.79 Å². The number of hydroxylamine groups is 1. The second-order valence-electron chi connectivity index (χ2n) is 10.5. The number of nitrogens with zero attached hydrogens (tertiary/aromatic N) is 3. The van der Waals surface area contributed by atoms with E-state index in [1.165, 1.54) is 10.8 Å². The standard InChI is InChI=1S/C27H45BN6O6/c1-8-12-16(5)32-23(29)20-17(6)34(13-18(20)24(30)36)25-22(35)21(33-37)19(39-25)14-38-26(7,9-2)15-31-40-27(28,10-3)11-4/h12-13,19,21-22,25,31,35H,8-11,14-15H2,1-7H3,(H2,29,32)(H2,30,36)/b16-12+. The summed E-state index contributed by atoms with van der Waals surface area (Å²) in [6, 6.07) is -1.12. The molecule has 5 unspecified atom stereocenters. The third-order valence-electron chi connectivity index (χ3n) is 7.60. The number of aliphatic imine (C=N–C) groups is 1. The summed E-state index contributed by atoms with van der Waals surface area (Å²) in [6.45, 7) is 13.5. The second kappa shape index (κ2) is 14.4. The Morgan fingerprint density at radius 3 is 2.45 bits per heavy atom. The smallest absolute Gasteiger partial charge is 0.251 e. The van der Waals surface area contributed by atoms with Gasteiger partial charge in [-0.2, -0.15) is 10.4 Å². The van der Waals surface area contributed by atoms with Gasteiger partial charge in [0, 0.05) is 29.6 Å². The van der Waals surface area contributed by atoms with Crippen LogP contribution < -0.4 is 16.9 Å². The Labute approximate surface area is 238 Å².